The van der Waals surface area contributed by atoms with Crippen molar-refractivity contribution in [3.8, 4) is 0 Å². The highest BCUT2D eigenvalue weighted by molar-refractivity contribution is 5.86. The highest BCUT2D eigenvalue weighted by Crippen LogP contribution is 2.37. The van der Waals surface area contributed by atoms with Crippen LogP contribution in [0.4, 0.5) is 4.79 Å². The van der Waals surface area contributed by atoms with Gasteiger partial charge in [-0.2, -0.15) is 0 Å². The summed E-state index contributed by atoms with van der Waals surface area (Å²) >= 11 is 0. The number of amides is 2. The number of esters is 1. The third kappa shape index (κ3) is 11.4. The van der Waals surface area contributed by atoms with Gasteiger partial charge in [-0.15, -0.1) is 0 Å². The lowest BCUT2D eigenvalue weighted by Crippen LogP contribution is -2.59. The zero-order valence-corrected chi connectivity index (χ0v) is 35.7. The van der Waals surface area contributed by atoms with Gasteiger partial charge in [-0.25, -0.2) is 4.79 Å². The van der Waals surface area contributed by atoms with Gasteiger partial charge in [0.05, 0.1) is 35.9 Å². The highest BCUT2D eigenvalue weighted by Gasteiger charge is 2.49. The standard InChI is InChI=1S/C44H71N3O10/c1-11-35-44(10,54)38(50)31(8)47(21-15-20-45-42(52)46-30(7)33-19-14-17-32-16-12-13-18-34(32)33)24-25(2)23-43(9,53)39(28(5)37(49)29(6)40(51)56-35)57-41-36(48)26(3)22-27(4)55-41/h12-14,16-19,25-31,35-39,41,48-50,53-54H,11,15,20-24H2,1-10H3,(H2,45,46,52)/t25-,26-,27+,28+,29-,30?,31-,35-,36+,37+,38-,39-,41-,43-,44-/m1/s1. The van der Waals surface area contributed by atoms with E-state index in [0.29, 0.717) is 32.5 Å². The number of nitrogens with one attached hydrogen (secondary N) is 2. The molecule has 2 aliphatic rings. The molecule has 13 heteroatoms. The molecule has 15 atom stereocenters. The maximum Gasteiger partial charge on any atom is 0.315 e. The summed E-state index contributed by atoms with van der Waals surface area (Å²) in [5.74, 6) is -3.03. The van der Waals surface area contributed by atoms with Crippen molar-refractivity contribution in [2.24, 2.45) is 23.7 Å². The van der Waals surface area contributed by atoms with Crippen molar-refractivity contribution in [3.63, 3.8) is 0 Å². The van der Waals surface area contributed by atoms with E-state index >= 15 is 0 Å². The van der Waals surface area contributed by atoms with Crippen molar-refractivity contribution in [2.75, 3.05) is 19.6 Å². The molecule has 0 bridgehead atoms. The van der Waals surface area contributed by atoms with E-state index in [9.17, 15) is 35.1 Å². The summed E-state index contributed by atoms with van der Waals surface area (Å²) < 4.78 is 18.3. The molecule has 0 aromatic heterocycles. The second-order valence-electron chi connectivity index (χ2n) is 17.7. The minimum atomic E-state index is -1.86. The number of carbonyl (C=O) groups excluding carboxylic acids is 2. The van der Waals surface area contributed by atoms with Crippen LogP contribution in [0, 0.1) is 23.7 Å². The molecule has 0 aliphatic carbocycles. The SMILES string of the molecule is CC[C@H]1OC(=O)[C@H](C)[C@@H](O)[C@H](C)[C@@H](O[C@H]2O[C@@H](C)C[C@@H](C)[C@@H]2O)[C@](C)(O)C[C@@H](C)CN(CCCNC(=O)NC(C)c2cccc3ccccc23)[C@H](C)[C@@H](O)[C@]1(C)O. The van der Waals surface area contributed by atoms with E-state index in [1.54, 1.807) is 27.7 Å². The zero-order chi connectivity index (χ0) is 42.4. The van der Waals surface area contributed by atoms with Crippen molar-refractivity contribution in [3.05, 3.63) is 48.0 Å². The summed E-state index contributed by atoms with van der Waals surface area (Å²) in [5, 5.41) is 66.7. The monoisotopic (exact) mass is 802 g/mol. The van der Waals surface area contributed by atoms with Crippen molar-refractivity contribution >= 4 is 22.8 Å². The largest absolute Gasteiger partial charge is 0.459 e. The number of urea groups is 1. The lowest BCUT2D eigenvalue weighted by atomic mass is 9.78. The van der Waals surface area contributed by atoms with Crippen LogP contribution in [0.1, 0.15) is 107 Å². The first-order valence-electron chi connectivity index (χ1n) is 21.0. The number of rotatable bonds is 9. The number of aliphatic hydroxyl groups is 5. The van der Waals surface area contributed by atoms with Gasteiger partial charge in [0.1, 0.15) is 23.9 Å². The molecular formula is C44H71N3O10. The maximum atomic E-state index is 13.6. The van der Waals surface area contributed by atoms with Crippen LogP contribution in [0.25, 0.3) is 10.8 Å². The molecule has 57 heavy (non-hydrogen) atoms. The molecule has 13 nitrogen and oxygen atoms in total. The Morgan fingerprint density at radius 1 is 1.00 bits per heavy atom. The normalized spacial score (nSPS) is 38.4. The zero-order valence-electron chi connectivity index (χ0n) is 35.7. The molecule has 2 aliphatic heterocycles. The summed E-state index contributed by atoms with van der Waals surface area (Å²) in [6, 6.07) is 12.9. The molecule has 2 aromatic rings. The van der Waals surface area contributed by atoms with Crippen molar-refractivity contribution in [2.45, 2.75) is 161 Å². The molecule has 0 spiro atoms. The number of hydrogen-bond acceptors (Lipinski definition) is 11. The van der Waals surface area contributed by atoms with Gasteiger partial charge in [0, 0.05) is 31.6 Å². The number of hydrogen-bond donors (Lipinski definition) is 7. The Labute approximate surface area is 339 Å². The van der Waals surface area contributed by atoms with Gasteiger partial charge < -0.3 is 50.4 Å². The minimum Gasteiger partial charge on any atom is -0.459 e. The molecule has 7 N–H and O–H groups in total. The van der Waals surface area contributed by atoms with E-state index in [1.165, 1.54) is 13.8 Å². The summed E-state index contributed by atoms with van der Waals surface area (Å²) in [6.07, 6.45) is -5.62. The van der Waals surface area contributed by atoms with Crippen molar-refractivity contribution in [1.29, 1.82) is 0 Å². The Kier molecular flexibility index (Phi) is 16.4. The van der Waals surface area contributed by atoms with Crippen LogP contribution in [0.5, 0.6) is 0 Å². The van der Waals surface area contributed by atoms with Crippen LogP contribution in [0.15, 0.2) is 42.5 Å². The fraction of sp³-hybridized carbons (Fsp3) is 0.727. The van der Waals surface area contributed by atoms with Crippen LogP contribution < -0.4 is 10.6 Å². The Balaban J connectivity index is 1.55. The Bertz CT molecular complexity index is 1600. The fourth-order valence-corrected chi connectivity index (χ4v) is 9.09. The van der Waals surface area contributed by atoms with Crippen LogP contribution in [-0.2, 0) is 19.0 Å². The van der Waals surface area contributed by atoms with Crippen LogP contribution in [0.2, 0.25) is 0 Å². The second-order valence-corrected chi connectivity index (χ2v) is 17.7. The second kappa shape index (κ2) is 19.9. The molecular weight excluding hydrogens is 730 g/mol. The first kappa shape index (κ1) is 46.8. The number of benzene rings is 2. The summed E-state index contributed by atoms with van der Waals surface area (Å²) in [6.45, 7) is 18.7. The van der Waals surface area contributed by atoms with Crippen molar-refractivity contribution in [1.82, 2.24) is 15.5 Å². The summed E-state index contributed by atoms with van der Waals surface area (Å²) in [5.41, 5.74) is -2.43. The van der Waals surface area contributed by atoms with E-state index in [0.717, 1.165) is 16.3 Å². The predicted molar refractivity (Wildman–Crippen MR) is 219 cm³/mol. The number of carbonyl (C=O) groups is 2. The number of nitrogens with zero attached hydrogens (tertiary/aromatic N) is 1. The number of aliphatic hydroxyl groups excluding tert-OH is 3. The third-order valence-corrected chi connectivity index (χ3v) is 12.5. The van der Waals surface area contributed by atoms with E-state index in [-0.39, 0.29) is 42.9 Å². The van der Waals surface area contributed by atoms with Gasteiger partial charge >= 0.3 is 12.0 Å². The molecule has 2 heterocycles. The Morgan fingerprint density at radius 2 is 1.67 bits per heavy atom. The topological polar surface area (TPSA) is 190 Å². The van der Waals surface area contributed by atoms with Gasteiger partial charge in [0.25, 0.3) is 0 Å². The molecule has 4 rings (SSSR count). The first-order chi connectivity index (χ1) is 26.7. The molecule has 2 amide bonds. The molecule has 0 radical (unpaired) electrons. The molecule has 2 aromatic carbocycles. The average molecular weight is 802 g/mol. The van der Waals surface area contributed by atoms with Gasteiger partial charge in [-0.05, 0) is 95.4 Å². The molecule has 1 unspecified atom stereocenters. The van der Waals surface area contributed by atoms with Gasteiger partial charge in [0.2, 0.25) is 0 Å². The molecule has 0 saturated carbocycles. The summed E-state index contributed by atoms with van der Waals surface area (Å²) in [7, 11) is 0. The number of cyclic esters (lactones) is 1. The lowest BCUT2D eigenvalue weighted by Gasteiger charge is -2.45. The van der Waals surface area contributed by atoms with Gasteiger partial charge in [0.15, 0.2) is 6.29 Å². The van der Waals surface area contributed by atoms with E-state index in [4.69, 9.17) is 14.2 Å². The molecule has 322 valence electrons. The Morgan fingerprint density at radius 3 is 2.35 bits per heavy atom. The number of ether oxygens (including phenoxy) is 3. The maximum absolute atomic E-state index is 13.6. The smallest absolute Gasteiger partial charge is 0.315 e. The first-order valence-corrected chi connectivity index (χ1v) is 21.0. The fourth-order valence-electron chi connectivity index (χ4n) is 9.09. The molecule has 2 saturated heterocycles. The van der Waals surface area contributed by atoms with Crippen molar-refractivity contribution < 1.29 is 49.3 Å². The van der Waals surface area contributed by atoms with Crippen LogP contribution in [-0.4, -0.2) is 122 Å². The van der Waals surface area contributed by atoms with E-state index < -0.39 is 71.9 Å². The van der Waals surface area contributed by atoms with E-state index in [1.807, 2.05) is 75.1 Å². The molecule has 2 fully saturated rings. The minimum absolute atomic E-state index is 0.132. The lowest BCUT2D eigenvalue weighted by molar-refractivity contribution is -0.298. The van der Waals surface area contributed by atoms with Gasteiger partial charge in [-0.1, -0.05) is 70.2 Å². The highest BCUT2D eigenvalue weighted by atomic mass is 16.7. The third-order valence-electron chi connectivity index (χ3n) is 12.5. The summed E-state index contributed by atoms with van der Waals surface area (Å²) in [4.78, 5) is 28.7. The Hall–Kier alpha value is -2.88. The van der Waals surface area contributed by atoms with Gasteiger partial charge in [-0.3, -0.25) is 9.69 Å². The number of fused-ring (bicyclic) bond motifs is 1. The van der Waals surface area contributed by atoms with E-state index in [2.05, 4.69) is 10.6 Å². The van der Waals surface area contributed by atoms with Crippen LogP contribution in [0.3, 0.4) is 0 Å². The average Bonchev–Trinajstić information content (AvgIpc) is 3.16. The predicted octanol–water partition coefficient (Wildman–Crippen LogP) is 4.66. The van der Waals surface area contributed by atoms with Crippen LogP contribution >= 0.6 is 0 Å². The quantitative estimate of drug-likeness (QED) is 0.138.